The fourth-order valence-electron chi connectivity index (χ4n) is 1.83. The molecule has 0 saturated carbocycles. The van der Waals surface area contributed by atoms with Crippen LogP contribution in [-0.2, 0) is 5.54 Å². The summed E-state index contributed by atoms with van der Waals surface area (Å²) in [7, 11) is 0. The Morgan fingerprint density at radius 2 is 2.00 bits per heavy atom. The first-order chi connectivity index (χ1) is 10.2. The number of aryl methyl sites for hydroxylation is 2. The number of pyridine rings is 1. The largest absolute Gasteiger partial charge is 0.478 e. The molecule has 0 aliphatic carbocycles. The first kappa shape index (κ1) is 16.1. The fourth-order valence-corrected chi connectivity index (χ4v) is 2.80. The van der Waals surface area contributed by atoms with Crippen LogP contribution in [0.25, 0.3) is 0 Å². The van der Waals surface area contributed by atoms with Crippen LogP contribution in [-0.4, -0.2) is 27.0 Å². The maximum Gasteiger partial charge on any atom is 0.335 e. The van der Waals surface area contributed by atoms with Crippen LogP contribution < -0.4 is 5.32 Å². The summed E-state index contributed by atoms with van der Waals surface area (Å²) in [4.78, 5) is 32.8. The molecule has 0 fully saturated rings. The summed E-state index contributed by atoms with van der Waals surface area (Å²) < 4.78 is 0. The number of nitrogens with one attached hydrogen (secondary N) is 1. The minimum atomic E-state index is -1.10. The number of thiazole rings is 1. The van der Waals surface area contributed by atoms with Crippen LogP contribution in [0.4, 0.5) is 0 Å². The first-order valence-corrected chi connectivity index (χ1v) is 7.48. The van der Waals surface area contributed by atoms with Gasteiger partial charge in [0.1, 0.15) is 10.7 Å². The van der Waals surface area contributed by atoms with Crippen molar-refractivity contribution in [1.29, 1.82) is 0 Å². The maximum atomic E-state index is 12.3. The Hall–Kier alpha value is -2.28. The van der Waals surface area contributed by atoms with Gasteiger partial charge in [0.15, 0.2) is 0 Å². The summed E-state index contributed by atoms with van der Waals surface area (Å²) in [6.45, 7) is 7.60. The van der Waals surface area contributed by atoms with Crippen LogP contribution in [0.2, 0.25) is 0 Å². The molecule has 7 heteroatoms. The van der Waals surface area contributed by atoms with Crippen LogP contribution in [0, 0.1) is 13.8 Å². The van der Waals surface area contributed by atoms with E-state index in [0.29, 0.717) is 0 Å². The molecule has 0 atom stereocenters. The van der Waals surface area contributed by atoms with Crippen molar-refractivity contribution in [3.05, 3.63) is 45.2 Å². The molecular formula is C15H17N3O3S. The molecule has 2 aromatic heterocycles. The van der Waals surface area contributed by atoms with E-state index in [1.54, 1.807) is 0 Å². The molecule has 0 unspecified atom stereocenters. The van der Waals surface area contributed by atoms with Gasteiger partial charge in [-0.2, -0.15) is 0 Å². The van der Waals surface area contributed by atoms with E-state index < -0.39 is 17.4 Å². The van der Waals surface area contributed by atoms with Gasteiger partial charge in [-0.1, -0.05) is 0 Å². The Morgan fingerprint density at radius 3 is 2.55 bits per heavy atom. The van der Waals surface area contributed by atoms with Crippen molar-refractivity contribution < 1.29 is 14.7 Å². The number of aromatic carboxylic acids is 1. The second-order valence-corrected chi connectivity index (χ2v) is 6.68. The van der Waals surface area contributed by atoms with Gasteiger partial charge in [0.2, 0.25) is 0 Å². The number of rotatable bonds is 4. The second-order valence-electron chi connectivity index (χ2n) is 5.47. The van der Waals surface area contributed by atoms with Crippen molar-refractivity contribution in [1.82, 2.24) is 15.3 Å². The average molecular weight is 319 g/mol. The summed E-state index contributed by atoms with van der Waals surface area (Å²) in [6.07, 6.45) is 1.31. The van der Waals surface area contributed by atoms with Crippen molar-refractivity contribution in [3.8, 4) is 0 Å². The van der Waals surface area contributed by atoms with Gasteiger partial charge >= 0.3 is 5.97 Å². The van der Waals surface area contributed by atoms with Crippen LogP contribution in [0.15, 0.2) is 18.3 Å². The quantitative estimate of drug-likeness (QED) is 0.903. The lowest BCUT2D eigenvalue weighted by Gasteiger charge is -2.23. The fraction of sp³-hybridized carbons (Fsp3) is 0.333. The lowest BCUT2D eigenvalue weighted by Crippen LogP contribution is -2.41. The van der Waals surface area contributed by atoms with E-state index in [4.69, 9.17) is 5.11 Å². The van der Waals surface area contributed by atoms with E-state index in [-0.39, 0.29) is 11.3 Å². The van der Waals surface area contributed by atoms with Crippen LogP contribution in [0.3, 0.4) is 0 Å². The number of carbonyl (C=O) groups is 2. The normalized spacial score (nSPS) is 11.3. The number of carboxylic acids is 1. The van der Waals surface area contributed by atoms with Crippen molar-refractivity contribution in [2.45, 2.75) is 33.2 Å². The molecule has 2 heterocycles. The lowest BCUT2D eigenvalue weighted by atomic mass is 10.1. The number of carboxylic acid groups (broad SMARTS) is 1. The molecule has 0 aromatic carbocycles. The number of nitrogens with zero attached hydrogens (tertiary/aromatic N) is 2. The molecule has 2 aromatic rings. The molecule has 6 nitrogen and oxygen atoms in total. The standard InChI is InChI=1S/C15H17N3O3S/c1-8-9(2)22-14(17-8)15(3,4)18-12(19)11-7-10(13(20)21)5-6-16-11/h5-7H,1-4H3,(H,18,19)(H,20,21). The van der Waals surface area contributed by atoms with Crippen molar-refractivity contribution in [2.75, 3.05) is 0 Å². The molecule has 0 spiro atoms. The van der Waals surface area contributed by atoms with Gasteiger partial charge < -0.3 is 10.4 Å². The van der Waals surface area contributed by atoms with Crippen LogP contribution in [0.1, 0.15) is 50.3 Å². The Labute approximate surface area is 132 Å². The predicted molar refractivity (Wildman–Crippen MR) is 83.3 cm³/mol. The first-order valence-electron chi connectivity index (χ1n) is 6.67. The smallest absolute Gasteiger partial charge is 0.335 e. The number of amides is 1. The van der Waals surface area contributed by atoms with Gasteiger partial charge in [-0.3, -0.25) is 9.78 Å². The maximum absolute atomic E-state index is 12.3. The molecule has 0 aliphatic heterocycles. The molecule has 0 saturated heterocycles. The summed E-state index contributed by atoms with van der Waals surface area (Å²) in [6, 6.07) is 2.60. The lowest BCUT2D eigenvalue weighted by molar-refractivity contribution is 0.0696. The minimum Gasteiger partial charge on any atom is -0.478 e. The van der Waals surface area contributed by atoms with Crippen molar-refractivity contribution in [3.63, 3.8) is 0 Å². The van der Waals surface area contributed by atoms with E-state index in [1.807, 2.05) is 27.7 Å². The third-order valence-corrected chi connectivity index (χ3v) is 4.63. The Morgan fingerprint density at radius 1 is 1.32 bits per heavy atom. The van der Waals surface area contributed by atoms with Gasteiger partial charge in [0, 0.05) is 11.1 Å². The highest BCUT2D eigenvalue weighted by molar-refractivity contribution is 7.11. The third kappa shape index (κ3) is 3.30. The molecule has 1 amide bonds. The van der Waals surface area contributed by atoms with Crippen LogP contribution >= 0.6 is 11.3 Å². The third-order valence-electron chi connectivity index (χ3n) is 3.23. The van der Waals surface area contributed by atoms with Gasteiger partial charge in [0.25, 0.3) is 5.91 Å². The van der Waals surface area contributed by atoms with E-state index in [2.05, 4.69) is 15.3 Å². The highest BCUT2D eigenvalue weighted by Crippen LogP contribution is 2.27. The molecule has 22 heavy (non-hydrogen) atoms. The molecule has 0 bridgehead atoms. The van der Waals surface area contributed by atoms with Gasteiger partial charge in [0.05, 0.1) is 16.8 Å². The van der Waals surface area contributed by atoms with E-state index in [0.717, 1.165) is 15.6 Å². The zero-order valence-electron chi connectivity index (χ0n) is 12.8. The van der Waals surface area contributed by atoms with E-state index in [9.17, 15) is 9.59 Å². The Bertz CT molecular complexity index is 718. The molecule has 116 valence electrons. The zero-order chi connectivity index (χ0) is 16.5. The second kappa shape index (κ2) is 5.84. The van der Waals surface area contributed by atoms with Crippen molar-refractivity contribution >= 4 is 23.2 Å². The summed E-state index contributed by atoms with van der Waals surface area (Å²) >= 11 is 1.53. The SMILES string of the molecule is Cc1nc(C(C)(C)NC(=O)c2cc(C(=O)O)ccn2)sc1C. The Balaban J connectivity index is 2.23. The van der Waals surface area contributed by atoms with E-state index in [1.165, 1.54) is 29.7 Å². The Kier molecular flexibility index (Phi) is 4.27. The number of hydrogen-bond donors (Lipinski definition) is 2. The molecule has 2 N–H and O–H groups in total. The zero-order valence-corrected chi connectivity index (χ0v) is 13.6. The van der Waals surface area contributed by atoms with Gasteiger partial charge in [-0.05, 0) is 39.8 Å². The van der Waals surface area contributed by atoms with Crippen molar-refractivity contribution in [2.24, 2.45) is 0 Å². The highest BCUT2D eigenvalue weighted by Gasteiger charge is 2.28. The molecule has 0 aliphatic rings. The number of hydrogen-bond acceptors (Lipinski definition) is 5. The highest BCUT2D eigenvalue weighted by atomic mass is 32.1. The number of carbonyl (C=O) groups excluding carboxylic acids is 1. The average Bonchev–Trinajstić information content (AvgIpc) is 2.79. The molecular weight excluding hydrogens is 302 g/mol. The summed E-state index contributed by atoms with van der Waals surface area (Å²) in [5.74, 6) is -1.53. The monoisotopic (exact) mass is 319 g/mol. The topological polar surface area (TPSA) is 92.2 Å². The number of aromatic nitrogens is 2. The molecule has 0 radical (unpaired) electrons. The predicted octanol–water partition coefficient (Wildman–Crippen LogP) is 2.52. The minimum absolute atomic E-state index is 0.0268. The van der Waals surface area contributed by atoms with Gasteiger partial charge in [-0.15, -0.1) is 11.3 Å². The molecule has 2 rings (SSSR count). The van der Waals surface area contributed by atoms with Crippen LogP contribution in [0.5, 0.6) is 0 Å². The summed E-state index contributed by atoms with van der Waals surface area (Å²) in [5.41, 5.74) is 0.368. The van der Waals surface area contributed by atoms with E-state index >= 15 is 0 Å². The summed E-state index contributed by atoms with van der Waals surface area (Å²) in [5, 5.41) is 12.6. The van der Waals surface area contributed by atoms with Gasteiger partial charge in [-0.25, -0.2) is 9.78 Å².